The monoisotopic (exact) mass is 234 g/mol. The predicted molar refractivity (Wildman–Crippen MR) is 66.1 cm³/mol. The molecule has 0 aromatic heterocycles. The van der Waals surface area contributed by atoms with Gasteiger partial charge in [-0.1, -0.05) is 6.07 Å². The third-order valence-corrected chi connectivity index (χ3v) is 3.23. The van der Waals surface area contributed by atoms with Gasteiger partial charge in [0.15, 0.2) is 0 Å². The number of amides is 1. The normalized spacial score (nSPS) is 19.4. The highest BCUT2D eigenvalue weighted by Crippen LogP contribution is 2.21. The highest BCUT2D eigenvalue weighted by Gasteiger charge is 2.28. The van der Waals surface area contributed by atoms with Gasteiger partial charge in [-0.15, -0.1) is 0 Å². The molecule has 2 rings (SSSR count). The molecule has 1 aliphatic heterocycles. The smallest absolute Gasteiger partial charge is 0.254 e. The fourth-order valence-electron chi connectivity index (χ4n) is 2.27. The fourth-order valence-corrected chi connectivity index (χ4v) is 2.27. The van der Waals surface area contributed by atoms with E-state index in [1.807, 2.05) is 23.1 Å². The number of rotatable bonds is 3. The molecule has 1 saturated heterocycles. The summed E-state index contributed by atoms with van der Waals surface area (Å²) < 4.78 is 5.13. The lowest BCUT2D eigenvalue weighted by molar-refractivity contribution is 0.0741. The molecule has 0 bridgehead atoms. The zero-order chi connectivity index (χ0) is 12.3. The number of methoxy groups -OCH3 is 1. The molecule has 2 N–H and O–H groups in total. The Kier molecular flexibility index (Phi) is 3.64. The van der Waals surface area contributed by atoms with Crippen LogP contribution in [-0.4, -0.2) is 37.0 Å². The Morgan fingerprint density at radius 1 is 1.59 bits per heavy atom. The van der Waals surface area contributed by atoms with E-state index in [-0.39, 0.29) is 11.9 Å². The molecule has 0 aliphatic carbocycles. The van der Waals surface area contributed by atoms with Gasteiger partial charge in [-0.2, -0.15) is 0 Å². The molecule has 1 aromatic rings. The van der Waals surface area contributed by atoms with Gasteiger partial charge in [0.05, 0.1) is 7.11 Å². The minimum atomic E-state index is 0.0526. The average Bonchev–Trinajstić information content (AvgIpc) is 2.86. The first kappa shape index (κ1) is 11.9. The van der Waals surface area contributed by atoms with Crippen LogP contribution in [0.2, 0.25) is 0 Å². The second-order valence-electron chi connectivity index (χ2n) is 4.26. The molecule has 17 heavy (non-hydrogen) atoms. The number of ether oxygens (including phenoxy) is 1. The van der Waals surface area contributed by atoms with Crippen LogP contribution in [0.4, 0.5) is 0 Å². The van der Waals surface area contributed by atoms with Gasteiger partial charge in [-0.05, 0) is 31.0 Å². The van der Waals surface area contributed by atoms with E-state index in [2.05, 4.69) is 0 Å². The van der Waals surface area contributed by atoms with Crippen LogP contribution in [0, 0.1) is 0 Å². The summed E-state index contributed by atoms with van der Waals surface area (Å²) in [6.45, 7) is 1.34. The topological polar surface area (TPSA) is 55.6 Å². The van der Waals surface area contributed by atoms with E-state index in [9.17, 15) is 4.79 Å². The van der Waals surface area contributed by atoms with Crippen LogP contribution in [0.1, 0.15) is 23.2 Å². The summed E-state index contributed by atoms with van der Waals surface area (Å²) in [6.07, 6.45) is 2.05. The summed E-state index contributed by atoms with van der Waals surface area (Å²) >= 11 is 0. The van der Waals surface area contributed by atoms with Gasteiger partial charge in [-0.25, -0.2) is 0 Å². The van der Waals surface area contributed by atoms with Gasteiger partial charge < -0.3 is 15.4 Å². The summed E-state index contributed by atoms with van der Waals surface area (Å²) in [6, 6.07) is 7.44. The molecule has 1 unspecified atom stereocenters. The van der Waals surface area contributed by atoms with E-state index in [0.29, 0.717) is 17.9 Å². The third-order valence-electron chi connectivity index (χ3n) is 3.23. The minimum Gasteiger partial charge on any atom is -0.497 e. The van der Waals surface area contributed by atoms with Gasteiger partial charge in [0.2, 0.25) is 0 Å². The van der Waals surface area contributed by atoms with E-state index in [1.165, 1.54) is 0 Å². The molecule has 1 heterocycles. The molecule has 1 aromatic carbocycles. The number of carbonyl (C=O) groups excluding carboxylic acids is 1. The van der Waals surface area contributed by atoms with Crippen molar-refractivity contribution in [2.75, 3.05) is 20.2 Å². The van der Waals surface area contributed by atoms with Crippen molar-refractivity contribution in [2.45, 2.75) is 18.9 Å². The maximum Gasteiger partial charge on any atom is 0.254 e. The van der Waals surface area contributed by atoms with E-state index in [4.69, 9.17) is 10.5 Å². The number of nitrogens with zero attached hydrogens (tertiary/aromatic N) is 1. The van der Waals surface area contributed by atoms with Crippen molar-refractivity contribution in [3.63, 3.8) is 0 Å². The Morgan fingerprint density at radius 2 is 2.41 bits per heavy atom. The largest absolute Gasteiger partial charge is 0.497 e. The zero-order valence-electron chi connectivity index (χ0n) is 10.1. The van der Waals surface area contributed by atoms with Gasteiger partial charge in [0.1, 0.15) is 5.75 Å². The highest BCUT2D eigenvalue weighted by atomic mass is 16.5. The van der Waals surface area contributed by atoms with Crippen LogP contribution in [0.25, 0.3) is 0 Å². The molecule has 0 spiro atoms. The molecule has 4 heteroatoms. The van der Waals surface area contributed by atoms with Crippen LogP contribution in [-0.2, 0) is 0 Å². The van der Waals surface area contributed by atoms with E-state index in [0.717, 1.165) is 19.4 Å². The van der Waals surface area contributed by atoms with Crippen LogP contribution >= 0.6 is 0 Å². The predicted octanol–water partition coefficient (Wildman–Crippen LogP) is 1.26. The van der Waals surface area contributed by atoms with Crippen LogP contribution in [0.5, 0.6) is 5.75 Å². The lowest BCUT2D eigenvalue weighted by atomic mass is 10.1. The molecule has 0 saturated carbocycles. The van der Waals surface area contributed by atoms with Gasteiger partial charge in [0, 0.05) is 24.7 Å². The quantitative estimate of drug-likeness (QED) is 0.856. The summed E-state index contributed by atoms with van der Waals surface area (Å²) in [5, 5.41) is 0. The highest BCUT2D eigenvalue weighted by molar-refractivity contribution is 5.95. The Labute approximate surface area is 101 Å². The Bertz CT molecular complexity index is 406. The molecule has 1 amide bonds. The molecule has 92 valence electrons. The van der Waals surface area contributed by atoms with Crippen molar-refractivity contribution in [1.29, 1.82) is 0 Å². The molecule has 1 aliphatic rings. The number of carbonyl (C=O) groups is 1. The fraction of sp³-hybridized carbons (Fsp3) is 0.462. The SMILES string of the molecule is COc1cccc(C(=O)N2CCCC2CN)c1. The standard InChI is InChI=1S/C13H18N2O2/c1-17-12-6-2-4-10(8-12)13(16)15-7-3-5-11(15)9-14/h2,4,6,8,11H,3,5,7,9,14H2,1H3. The van der Waals surface area contributed by atoms with E-state index < -0.39 is 0 Å². The second kappa shape index (κ2) is 5.19. The summed E-state index contributed by atoms with van der Waals surface area (Å²) in [4.78, 5) is 14.2. The number of benzene rings is 1. The first-order chi connectivity index (χ1) is 8.26. The summed E-state index contributed by atoms with van der Waals surface area (Å²) in [7, 11) is 1.60. The molecular weight excluding hydrogens is 216 g/mol. The van der Waals surface area contributed by atoms with Crippen molar-refractivity contribution in [2.24, 2.45) is 5.73 Å². The third kappa shape index (κ3) is 2.42. The van der Waals surface area contributed by atoms with E-state index in [1.54, 1.807) is 13.2 Å². The second-order valence-corrected chi connectivity index (χ2v) is 4.26. The molecule has 1 atom stereocenters. The first-order valence-electron chi connectivity index (χ1n) is 5.91. The minimum absolute atomic E-state index is 0.0526. The number of hydrogen-bond donors (Lipinski definition) is 1. The van der Waals surface area contributed by atoms with Crippen LogP contribution < -0.4 is 10.5 Å². The summed E-state index contributed by atoms with van der Waals surface area (Å²) in [5.41, 5.74) is 6.35. The van der Waals surface area contributed by atoms with Crippen LogP contribution in [0.3, 0.4) is 0 Å². The maximum absolute atomic E-state index is 12.3. The van der Waals surface area contributed by atoms with E-state index >= 15 is 0 Å². The molecule has 0 radical (unpaired) electrons. The van der Waals surface area contributed by atoms with Crippen LogP contribution in [0.15, 0.2) is 24.3 Å². The molecular formula is C13H18N2O2. The van der Waals surface area contributed by atoms with Gasteiger partial charge in [0.25, 0.3) is 5.91 Å². The molecule has 4 nitrogen and oxygen atoms in total. The van der Waals surface area contributed by atoms with Crippen molar-refractivity contribution in [1.82, 2.24) is 4.90 Å². The van der Waals surface area contributed by atoms with Crippen molar-refractivity contribution in [3.8, 4) is 5.75 Å². The molecule has 1 fully saturated rings. The maximum atomic E-state index is 12.3. The number of nitrogens with two attached hydrogens (primary N) is 1. The zero-order valence-corrected chi connectivity index (χ0v) is 10.1. The average molecular weight is 234 g/mol. The van der Waals surface area contributed by atoms with Crippen molar-refractivity contribution in [3.05, 3.63) is 29.8 Å². The number of hydrogen-bond acceptors (Lipinski definition) is 3. The van der Waals surface area contributed by atoms with Gasteiger partial charge in [-0.3, -0.25) is 4.79 Å². The lowest BCUT2D eigenvalue weighted by Gasteiger charge is -2.23. The van der Waals surface area contributed by atoms with Gasteiger partial charge >= 0.3 is 0 Å². The number of likely N-dealkylation sites (tertiary alicyclic amines) is 1. The Morgan fingerprint density at radius 3 is 3.12 bits per heavy atom. The Balaban J connectivity index is 2.18. The lowest BCUT2D eigenvalue weighted by Crippen LogP contribution is -2.39. The van der Waals surface area contributed by atoms with Crippen molar-refractivity contribution >= 4 is 5.91 Å². The Hall–Kier alpha value is -1.55. The first-order valence-corrected chi connectivity index (χ1v) is 5.91. The van der Waals surface area contributed by atoms with Crippen molar-refractivity contribution < 1.29 is 9.53 Å². The summed E-state index contributed by atoms with van der Waals surface area (Å²) in [5.74, 6) is 0.760.